The van der Waals surface area contributed by atoms with Gasteiger partial charge in [-0.2, -0.15) is 0 Å². The highest BCUT2D eigenvalue weighted by molar-refractivity contribution is 6.11. The van der Waals surface area contributed by atoms with Gasteiger partial charge in [0.15, 0.2) is 5.78 Å². The van der Waals surface area contributed by atoms with Crippen molar-refractivity contribution in [1.29, 1.82) is 0 Å². The van der Waals surface area contributed by atoms with Crippen LogP contribution in [0.2, 0.25) is 0 Å². The van der Waals surface area contributed by atoms with Crippen LogP contribution in [0.3, 0.4) is 0 Å². The van der Waals surface area contributed by atoms with Crippen LogP contribution in [-0.4, -0.2) is 100 Å². The maximum absolute atomic E-state index is 12.5. The molecule has 1 amide bonds. The fourth-order valence-corrected chi connectivity index (χ4v) is 4.17. The van der Waals surface area contributed by atoms with E-state index in [1.54, 1.807) is 7.05 Å². The van der Waals surface area contributed by atoms with Gasteiger partial charge in [0.1, 0.15) is 6.79 Å². The molecule has 0 unspecified atom stereocenters. The van der Waals surface area contributed by atoms with E-state index in [1.165, 1.54) is 5.57 Å². The summed E-state index contributed by atoms with van der Waals surface area (Å²) in [6.45, 7) is 28.2. The van der Waals surface area contributed by atoms with Crippen molar-refractivity contribution in [3.8, 4) is 12.8 Å². The summed E-state index contributed by atoms with van der Waals surface area (Å²) in [7, 11) is 5.69. The molecule has 1 heterocycles. The molecule has 0 radical (unpaired) electrons. The molecule has 0 bridgehead atoms. The van der Waals surface area contributed by atoms with E-state index in [4.69, 9.17) is 9.79 Å². The van der Waals surface area contributed by atoms with Crippen molar-refractivity contribution in [2.24, 2.45) is 15.9 Å². The molecule has 1 aliphatic heterocycles. The summed E-state index contributed by atoms with van der Waals surface area (Å²) in [5.74, 6) is 0.510. The third-order valence-electron chi connectivity index (χ3n) is 7.06. The number of benzene rings is 1. The van der Waals surface area contributed by atoms with Crippen molar-refractivity contribution < 1.29 is 14.4 Å². The first-order valence-corrected chi connectivity index (χ1v) is 15.9. The lowest BCUT2D eigenvalue weighted by molar-refractivity contribution is -0.119. The van der Waals surface area contributed by atoms with Gasteiger partial charge in [-0.05, 0) is 60.6 Å². The molecule has 1 aromatic rings. The van der Waals surface area contributed by atoms with Crippen LogP contribution in [0.25, 0.3) is 0 Å². The van der Waals surface area contributed by atoms with E-state index in [0.29, 0.717) is 6.42 Å². The van der Waals surface area contributed by atoms with Crippen LogP contribution in [0.1, 0.15) is 83.7 Å². The number of carbonyl (C=O) groups excluding carboxylic acids is 3. The highest BCUT2D eigenvalue weighted by Gasteiger charge is 2.32. The van der Waals surface area contributed by atoms with E-state index in [-0.39, 0.29) is 17.6 Å². The molecule has 9 heteroatoms. The minimum absolute atomic E-state index is 0.00260. The average molecular weight is 639 g/mol. The summed E-state index contributed by atoms with van der Waals surface area (Å²) in [6.07, 6.45) is 10.4. The van der Waals surface area contributed by atoms with E-state index in [9.17, 15) is 9.59 Å². The summed E-state index contributed by atoms with van der Waals surface area (Å²) < 4.78 is 0. The Morgan fingerprint density at radius 1 is 0.935 bits per heavy atom. The molecule has 46 heavy (non-hydrogen) atoms. The SMILES string of the molecule is C#C.C=C.C=O.CC.CNC(=O)CC(C)=NC(C)=C(C)C.CNc1c(C(=O)C2CC2)cccc1C(C)=NCCN1CCN(C)CC1. The number of hydrogen-bond donors (Lipinski definition) is 2. The molecule has 2 fully saturated rings. The normalized spacial score (nSPS) is 14.3. The number of rotatable bonds is 10. The summed E-state index contributed by atoms with van der Waals surface area (Å²) in [4.78, 5) is 45.4. The van der Waals surface area contributed by atoms with Crippen LogP contribution in [0.5, 0.6) is 0 Å². The van der Waals surface area contributed by atoms with Crippen molar-refractivity contribution in [2.45, 2.75) is 67.7 Å². The van der Waals surface area contributed by atoms with Gasteiger partial charge in [-0.25, -0.2) is 0 Å². The molecule has 1 aromatic carbocycles. The van der Waals surface area contributed by atoms with Crippen molar-refractivity contribution in [3.05, 3.63) is 53.8 Å². The number of amides is 1. The molecular formula is C37H62N6O3. The molecule has 3 rings (SSSR count). The van der Waals surface area contributed by atoms with Gasteiger partial charge in [-0.3, -0.25) is 24.5 Å². The quantitative estimate of drug-likeness (QED) is 0.138. The van der Waals surface area contributed by atoms with Crippen LogP contribution in [0.4, 0.5) is 5.69 Å². The fourth-order valence-electron chi connectivity index (χ4n) is 4.17. The number of hydrogen-bond acceptors (Lipinski definition) is 8. The molecule has 0 aromatic heterocycles. The number of Topliss-reactive ketones (excluding diaryl/α,β-unsaturated/α-hetero) is 1. The number of allylic oxidation sites excluding steroid dienone is 2. The molecule has 1 saturated heterocycles. The summed E-state index contributed by atoms with van der Waals surface area (Å²) in [5.41, 5.74) is 6.81. The summed E-state index contributed by atoms with van der Waals surface area (Å²) >= 11 is 0. The van der Waals surface area contributed by atoms with Gasteiger partial charge in [-0.15, -0.1) is 26.0 Å². The van der Waals surface area contributed by atoms with Crippen LogP contribution < -0.4 is 10.6 Å². The number of ketones is 1. The number of piperazine rings is 1. The van der Waals surface area contributed by atoms with E-state index >= 15 is 0 Å². The van der Waals surface area contributed by atoms with E-state index in [1.807, 2.05) is 74.4 Å². The van der Waals surface area contributed by atoms with Crippen molar-refractivity contribution in [3.63, 3.8) is 0 Å². The summed E-state index contributed by atoms with van der Waals surface area (Å²) in [5, 5.41) is 5.80. The minimum atomic E-state index is 0.00260. The maximum Gasteiger partial charge on any atom is 0.225 e. The third kappa shape index (κ3) is 18.8. The molecule has 9 nitrogen and oxygen atoms in total. The second-order valence-corrected chi connectivity index (χ2v) is 10.5. The monoisotopic (exact) mass is 638 g/mol. The maximum atomic E-state index is 12.5. The molecule has 1 aliphatic carbocycles. The Kier molecular flexibility index (Phi) is 28.9. The van der Waals surface area contributed by atoms with Gasteiger partial charge in [0.2, 0.25) is 5.91 Å². The van der Waals surface area contributed by atoms with Crippen LogP contribution in [-0.2, 0) is 9.59 Å². The first-order valence-electron chi connectivity index (χ1n) is 15.9. The van der Waals surface area contributed by atoms with Gasteiger partial charge in [0.25, 0.3) is 0 Å². The van der Waals surface area contributed by atoms with E-state index < -0.39 is 0 Å². The average Bonchev–Trinajstić information content (AvgIpc) is 3.94. The molecule has 2 aliphatic rings. The Balaban J connectivity index is -0.000000748. The first kappa shape index (κ1) is 46.5. The van der Waals surface area contributed by atoms with Crippen molar-refractivity contribution in [2.75, 3.05) is 65.7 Å². The Morgan fingerprint density at radius 2 is 1.46 bits per heavy atom. The largest absolute Gasteiger partial charge is 0.387 e. The van der Waals surface area contributed by atoms with Crippen molar-refractivity contribution in [1.82, 2.24) is 15.1 Å². The second kappa shape index (κ2) is 28.6. The fraction of sp³-hybridized carbons (Fsp3) is 0.541. The zero-order valence-electron chi connectivity index (χ0n) is 30.5. The lowest BCUT2D eigenvalue weighted by Crippen LogP contribution is -2.45. The Bertz CT molecular complexity index is 1120. The number of carbonyl (C=O) groups is 3. The molecule has 1 saturated carbocycles. The number of aliphatic imine (C=N–C) groups is 2. The minimum Gasteiger partial charge on any atom is -0.387 e. The number of anilines is 1. The lowest BCUT2D eigenvalue weighted by Gasteiger charge is -2.31. The zero-order valence-corrected chi connectivity index (χ0v) is 30.5. The number of nitrogens with one attached hydrogen (secondary N) is 2. The Morgan fingerprint density at radius 3 is 1.91 bits per heavy atom. The van der Waals surface area contributed by atoms with Gasteiger partial charge < -0.3 is 20.3 Å². The molecule has 0 spiro atoms. The predicted molar refractivity (Wildman–Crippen MR) is 200 cm³/mol. The van der Waals surface area contributed by atoms with Gasteiger partial charge in [-0.1, -0.05) is 31.6 Å². The second-order valence-electron chi connectivity index (χ2n) is 10.5. The number of likely N-dealkylation sites (N-methyl/N-ethyl adjacent to an activating group) is 1. The van der Waals surface area contributed by atoms with Gasteiger partial charge in [0.05, 0.1) is 18.7 Å². The predicted octanol–water partition coefficient (Wildman–Crippen LogP) is 6.17. The molecule has 2 N–H and O–H groups in total. The molecular weight excluding hydrogens is 576 g/mol. The third-order valence-corrected chi connectivity index (χ3v) is 7.06. The van der Waals surface area contributed by atoms with Gasteiger partial charge >= 0.3 is 0 Å². The van der Waals surface area contributed by atoms with E-state index in [0.717, 1.165) is 86.0 Å². The standard InChI is InChI=1S/C20H30N4O.C10H18N2O.C2H6.C2H4.C2H2.CH2O/c1-15(22-9-10-24-13-11-23(3)12-14-24)17-5-4-6-18(19(17)21-2)20(25)16-7-8-16;1-7(2)9(4)12-8(3)6-10(13)11-5;4*1-2/h4-6,16,21H,7-14H2,1-3H3;6H2,1-5H3,(H,11,13);1-2H3;1-2H2;1-2H;1H2. The Labute approximate surface area is 280 Å². The molecule has 0 atom stereocenters. The topological polar surface area (TPSA) is 106 Å². The highest BCUT2D eigenvalue weighted by Crippen LogP contribution is 2.35. The zero-order chi connectivity index (χ0) is 36.2. The smallest absolute Gasteiger partial charge is 0.225 e. The number of terminal acetylenes is 1. The highest BCUT2D eigenvalue weighted by atomic mass is 16.1. The molecule has 258 valence electrons. The number of nitrogens with zero attached hydrogens (tertiary/aromatic N) is 4. The number of para-hydroxylation sites is 1. The summed E-state index contributed by atoms with van der Waals surface area (Å²) in [6, 6.07) is 5.98. The first-order chi connectivity index (χ1) is 22.1. The van der Waals surface area contributed by atoms with Crippen molar-refractivity contribution >= 4 is 35.6 Å². The Hall–Kier alpha value is -3.87. The van der Waals surface area contributed by atoms with Crippen LogP contribution >= 0.6 is 0 Å². The van der Waals surface area contributed by atoms with E-state index in [2.05, 4.69) is 64.5 Å². The van der Waals surface area contributed by atoms with Crippen LogP contribution in [0, 0.1) is 18.8 Å². The van der Waals surface area contributed by atoms with Gasteiger partial charge in [0, 0.05) is 81.0 Å². The lowest BCUT2D eigenvalue weighted by atomic mass is 9.98. The van der Waals surface area contributed by atoms with Crippen LogP contribution in [0.15, 0.2) is 52.6 Å².